The Morgan fingerprint density at radius 1 is 1.32 bits per heavy atom. The molecule has 0 bridgehead atoms. The molecule has 25 heavy (non-hydrogen) atoms. The highest BCUT2D eigenvalue weighted by Crippen LogP contribution is 2.24. The molecule has 0 unspecified atom stereocenters. The van der Waals surface area contributed by atoms with Crippen molar-refractivity contribution in [2.24, 2.45) is 5.92 Å². The van der Waals surface area contributed by atoms with Crippen LogP contribution >= 0.6 is 0 Å². The molecule has 1 amide bonds. The molecule has 0 saturated carbocycles. The third kappa shape index (κ3) is 6.88. The first-order chi connectivity index (χ1) is 11.7. The van der Waals surface area contributed by atoms with Crippen molar-refractivity contribution < 1.29 is 19.2 Å². The number of rotatable bonds is 9. The SMILES string of the molecule is CCOC(=O)CN(CC(=O)Nc1cccc([N+](=O)[O-])c1C)CC(C)C. The van der Waals surface area contributed by atoms with Crippen LogP contribution in [-0.2, 0) is 14.3 Å². The van der Waals surface area contributed by atoms with Gasteiger partial charge in [-0.2, -0.15) is 0 Å². The minimum atomic E-state index is -0.489. The fourth-order valence-corrected chi connectivity index (χ4v) is 2.44. The summed E-state index contributed by atoms with van der Waals surface area (Å²) in [5.41, 5.74) is 0.727. The first-order valence-corrected chi connectivity index (χ1v) is 8.16. The molecule has 0 aliphatic carbocycles. The van der Waals surface area contributed by atoms with Crippen LogP contribution in [0.15, 0.2) is 18.2 Å². The zero-order chi connectivity index (χ0) is 19.0. The van der Waals surface area contributed by atoms with Gasteiger partial charge in [0, 0.05) is 12.6 Å². The molecule has 8 heteroatoms. The third-order valence-corrected chi connectivity index (χ3v) is 3.42. The fourth-order valence-electron chi connectivity index (χ4n) is 2.44. The summed E-state index contributed by atoms with van der Waals surface area (Å²) >= 11 is 0. The Morgan fingerprint density at radius 2 is 2.00 bits per heavy atom. The van der Waals surface area contributed by atoms with Crippen molar-refractivity contribution in [2.45, 2.75) is 27.7 Å². The van der Waals surface area contributed by atoms with Gasteiger partial charge in [-0.05, 0) is 25.8 Å². The molecule has 1 aromatic carbocycles. The van der Waals surface area contributed by atoms with Crippen molar-refractivity contribution in [2.75, 3.05) is 31.6 Å². The van der Waals surface area contributed by atoms with E-state index in [1.165, 1.54) is 12.1 Å². The zero-order valence-electron chi connectivity index (χ0n) is 15.1. The number of nitrogens with zero attached hydrogens (tertiary/aromatic N) is 2. The molecule has 8 nitrogen and oxygen atoms in total. The number of carbonyl (C=O) groups excluding carboxylic acids is 2. The number of nitro benzene ring substituents is 1. The van der Waals surface area contributed by atoms with Gasteiger partial charge in [-0.15, -0.1) is 0 Å². The van der Waals surface area contributed by atoms with Gasteiger partial charge < -0.3 is 10.1 Å². The zero-order valence-corrected chi connectivity index (χ0v) is 15.1. The lowest BCUT2D eigenvalue weighted by Gasteiger charge is -2.22. The Hall–Kier alpha value is -2.48. The van der Waals surface area contributed by atoms with Crippen LogP contribution in [0.25, 0.3) is 0 Å². The van der Waals surface area contributed by atoms with Crippen molar-refractivity contribution in [1.82, 2.24) is 4.90 Å². The summed E-state index contributed by atoms with van der Waals surface area (Å²) in [5, 5.41) is 13.7. The lowest BCUT2D eigenvalue weighted by Crippen LogP contribution is -2.39. The van der Waals surface area contributed by atoms with Crippen molar-refractivity contribution in [1.29, 1.82) is 0 Å². The minimum Gasteiger partial charge on any atom is -0.465 e. The Kier molecular flexibility index (Phi) is 8.00. The first-order valence-electron chi connectivity index (χ1n) is 8.16. The number of esters is 1. The van der Waals surface area contributed by atoms with E-state index in [-0.39, 0.29) is 43.2 Å². The maximum Gasteiger partial charge on any atom is 0.320 e. The number of benzene rings is 1. The van der Waals surface area contributed by atoms with Gasteiger partial charge >= 0.3 is 5.97 Å². The number of nitro groups is 1. The standard InChI is InChI=1S/C17H25N3O5/c1-5-25-17(22)11-19(9-12(2)3)10-16(21)18-14-7-6-8-15(13(14)4)20(23)24/h6-8,12H,5,9-11H2,1-4H3,(H,18,21). The smallest absolute Gasteiger partial charge is 0.320 e. The molecule has 1 rings (SSSR count). The highest BCUT2D eigenvalue weighted by molar-refractivity contribution is 5.93. The maximum absolute atomic E-state index is 12.3. The van der Waals surface area contributed by atoms with Crippen LogP contribution in [0.3, 0.4) is 0 Å². The summed E-state index contributed by atoms with van der Waals surface area (Å²) in [6.45, 7) is 8.14. The molecule has 0 aliphatic heterocycles. The molecule has 1 N–H and O–H groups in total. The molecule has 138 valence electrons. The summed E-state index contributed by atoms with van der Waals surface area (Å²) in [6, 6.07) is 4.51. The van der Waals surface area contributed by atoms with E-state index >= 15 is 0 Å². The number of amides is 1. The number of hydrogen-bond donors (Lipinski definition) is 1. The molecular weight excluding hydrogens is 326 g/mol. The van der Waals surface area contributed by atoms with Crippen LogP contribution in [0, 0.1) is 23.0 Å². The second kappa shape index (κ2) is 9.73. The van der Waals surface area contributed by atoms with E-state index in [9.17, 15) is 19.7 Å². The van der Waals surface area contributed by atoms with Crippen LogP contribution in [0.4, 0.5) is 11.4 Å². The minimum absolute atomic E-state index is 0.000867. The van der Waals surface area contributed by atoms with Crippen LogP contribution in [0.5, 0.6) is 0 Å². The molecule has 1 aromatic rings. The largest absolute Gasteiger partial charge is 0.465 e. The normalized spacial score (nSPS) is 10.8. The van der Waals surface area contributed by atoms with Gasteiger partial charge in [-0.3, -0.25) is 24.6 Å². The van der Waals surface area contributed by atoms with Crippen molar-refractivity contribution in [3.63, 3.8) is 0 Å². The number of ether oxygens (including phenoxy) is 1. The van der Waals surface area contributed by atoms with E-state index in [4.69, 9.17) is 4.74 Å². The van der Waals surface area contributed by atoms with E-state index in [0.717, 1.165) is 0 Å². The van der Waals surface area contributed by atoms with Crippen molar-refractivity contribution in [3.8, 4) is 0 Å². The quantitative estimate of drug-likeness (QED) is 0.416. The predicted molar refractivity (Wildman–Crippen MR) is 94.4 cm³/mol. The molecule has 0 radical (unpaired) electrons. The van der Waals surface area contributed by atoms with Crippen LogP contribution in [0.1, 0.15) is 26.3 Å². The maximum atomic E-state index is 12.3. The molecule has 0 heterocycles. The molecule has 0 aromatic heterocycles. The topological polar surface area (TPSA) is 102 Å². The summed E-state index contributed by atoms with van der Waals surface area (Å²) < 4.78 is 4.93. The Labute approximate surface area is 147 Å². The third-order valence-electron chi connectivity index (χ3n) is 3.42. The highest BCUT2D eigenvalue weighted by atomic mass is 16.6. The van der Waals surface area contributed by atoms with E-state index in [1.54, 1.807) is 24.8 Å². The number of hydrogen-bond acceptors (Lipinski definition) is 6. The molecule has 0 spiro atoms. The summed E-state index contributed by atoms with van der Waals surface area (Å²) in [6.07, 6.45) is 0. The van der Waals surface area contributed by atoms with Crippen molar-refractivity contribution in [3.05, 3.63) is 33.9 Å². The Morgan fingerprint density at radius 3 is 2.56 bits per heavy atom. The summed E-state index contributed by atoms with van der Waals surface area (Å²) in [5.74, 6) is -0.460. The molecule has 0 saturated heterocycles. The van der Waals surface area contributed by atoms with Gasteiger partial charge in [-0.25, -0.2) is 0 Å². The molecule has 0 aliphatic rings. The average molecular weight is 351 g/mol. The monoisotopic (exact) mass is 351 g/mol. The lowest BCUT2D eigenvalue weighted by molar-refractivity contribution is -0.385. The van der Waals surface area contributed by atoms with E-state index < -0.39 is 4.92 Å². The van der Waals surface area contributed by atoms with Gasteiger partial charge in [0.05, 0.1) is 35.9 Å². The number of nitrogens with one attached hydrogen (secondary N) is 1. The average Bonchev–Trinajstić information content (AvgIpc) is 2.48. The summed E-state index contributed by atoms with van der Waals surface area (Å²) in [7, 11) is 0. The van der Waals surface area contributed by atoms with Crippen LogP contribution in [-0.4, -0.2) is 47.9 Å². The molecule has 0 fully saturated rings. The summed E-state index contributed by atoms with van der Waals surface area (Å²) in [4.78, 5) is 36.2. The fraction of sp³-hybridized carbons (Fsp3) is 0.529. The predicted octanol–water partition coefficient (Wildman–Crippen LogP) is 2.36. The second-order valence-corrected chi connectivity index (χ2v) is 6.12. The second-order valence-electron chi connectivity index (χ2n) is 6.12. The van der Waals surface area contributed by atoms with E-state index in [2.05, 4.69) is 5.32 Å². The van der Waals surface area contributed by atoms with Gasteiger partial charge in [0.15, 0.2) is 0 Å². The van der Waals surface area contributed by atoms with Gasteiger partial charge in [0.2, 0.25) is 5.91 Å². The van der Waals surface area contributed by atoms with Crippen LogP contribution in [0.2, 0.25) is 0 Å². The molecule has 0 atom stereocenters. The van der Waals surface area contributed by atoms with Crippen LogP contribution < -0.4 is 5.32 Å². The van der Waals surface area contributed by atoms with E-state index in [0.29, 0.717) is 17.8 Å². The van der Waals surface area contributed by atoms with E-state index in [1.807, 2.05) is 13.8 Å². The van der Waals surface area contributed by atoms with Gasteiger partial charge in [0.25, 0.3) is 5.69 Å². The van der Waals surface area contributed by atoms with Crippen molar-refractivity contribution >= 4 is 23.3 Å². The van der Waals surface area contributed by atoms with Gasteiger partial charge in [0.1, 0.15) is 0 Å². The van der Waals surface area contributed by atoms with Gasteiger partial charge in [-0.1, -0.05) is 19.9 Å². The number of carbonyl (C=O) groups is 2. The lowest BCUT2D eigenvalue weighted by atomic mass is 10.1. The Balaban J connectivity index is 2.79. The first kappa shape index (κ1) is 20.6. The molecular formula is C17H25N3O5. The Bertz CT molecular complexity index is 631. The highest BCUT2D eigenvalue weighted by Gasteiger charge is 2.19. The number of anilines is 1.